The lowest BCUT2D eigenvalue weighted by molar-refractivity contribution is -0.126. The van der Waals surface area contributed by atoms with Crippen molar-refractivity contribution in [1.82, 2.24) is 9.91 Å². The van der Waals surface area contributed by atoms with Gasteiger partial charge in [-0.25, -0.2) is 5.01 Å². The number of allylic oxidation sites excluding steroid dienone is 1. The van der Waals surface area contributed by atoms with E-state index in [1.807, 2.05) is 6.08 Å². The Bertz CT molecular complexity index is 861. The van der Waals surface area contributed by atoms with E-state index in [0.717, 1.165) is 12.8 Å². The van der Waals surface area contributed by atoms with Crippen molar-refractivity contribution in [2.24, 2.45) is 5.10 Å². The average Bonchev–Trinajstić information content (AvgIpc) is 3.11. The summed E-state index contributed by atoms with van der Waals surface area (Å²) < 4.78 is 5.93. The Morgan fingerprint density at radius 1 is 1.15 bits per heavy atom. The molecule has 26 heavy (non-hydrogen) atoms. The number of nitrogens with zero attached hydrogens (tertiary/aromatic N) is 3. The van der Waals surface area contributed by atoms with E-state index in [9.17, 15) is 4.79 Å². The number of amides is 1. The van der Waals surface area contributed by atoms with Crippen LogP contribution in [0.4, 0.5) is 0 Å². The SMILES string of the molecule is CN1CN2N=C(OC3CC=CC3)C=CC2=C(c2c(Cl)cccc2Cl)C1=O. The number of hydrogen-bond donors (Lipinski definition) is 0. The average molecular weight is 390 g/mol. The van der Waals surface area contributed by atoms with Gasteiger partial charge in [0.2, 0.25) is 5.90 Å². The smallest absolute Gasteiger partial charge is 0.257 e. The first kappa shape index (κ1) is 17.2. The molecular weight excluding hydrogens is 373 g/mol. The summed E-state index contributed by atoms with van der Waals surface area (Å²) in [6.45, 7) is 0.333. The minimum absolute atomic E-state index is 0.116. The summed E-state index contributed by atoms with van der Waals surface area (Å²) >= 11 is 12.7. The molecule has 2 heterocycles. The third kappa shape index (κ3) is 3.02. The summed E-state index contributed by atoms with van der Waals surface area (Å²) in [5, 5.41) is 7.17. The van der Waals surface area contributed by atoms with Crippen LogP contribution in [0.5, 0.6) is 0 Å². The van der Waals surface area contributed by atoms with Gasteiger partial charge in [0.25, 0.3) is 5.91 Å². The van der Waals surface area contributed by atoms with Crippen molar-refractivity contribution in [2.75, 3.05) is 13.7 Å². The van der Waals surface area contributed by atoms with Gasteiger partial charge in [-0.05, 0) is 18.2 Å². The summed E-state index contributed by atoms with van der Waals surface area (Å²) in [4.78, 5) is 14.4. The second kappa shape index (κ2) is 6.82. The van der Waals surface area contributed by atoms with Crippen molar-refractivity contribution in [3.8, 4) is 0 Å². The van der Waals surface area contributed by atoms with Crippen LogP contribution >= 0.6 is 23.2 Å². The van der Waals surface area contributed by atoms with Gasteiger partial charge in [0.1, 0.15) is 12.8 Å². The molecule has 1 aromatic carbocycles. The fourth-order valence-corrected chi connectivity index (χ4v) is 3.81. The van der Waals surface area contributed by atoms with Crippen LogP contribution in [-0.4, -0.2) is 41.5 Å². The van der Waals surface area contributed by atoms with Crippen LogP contribution in [0, 0.1) is 0 Å². The molecule has 0 bridgehead atoms. The molecule has 0 saturated carbocycles. The Morgan fingerprint density at radius 2 is 1.85 bits per heavy atom. The van der Waals surface area contributed by atoms with E-state index in [4.69, 9.17) is 27.9 Å². The summed E-state index contributed by atoms with van der Waals surface area (Å²) in [6.07, 6.45) is 9.72. The summed E-state index contributed by atoms with van der Waals surface area (Å²) in [5.74, 6) is 0.394. The highest BCUT2D eigenvalue weighted by molar-refractivity contribution is 6.40. The normalized spacial score (nSPS) is 20.0. The van der Waals surface area contributed by atoms with Gasteiger partial charge in [-0.2, -0.15) is 0 Å². The predicted octanol–water partition coefficient (Wildman–Crippen LogP) is 4.05. The molecule has 0 aromatic heterocycles. The zero-order chi connectivity index (χ0) is 18.3. The van der Waals surface area contributed by atoms with Crippen molar-refractivity contribution < 1.29 is 9.53 Å². The largest absolute Gasteiger partial charge is 0.473 e. The topological polar surface area (TPSA) is 45.1 Å². The van der Waals surface area contributed by atoms with Crippen molar-refractivity contribution in [3.63, 3.8) is 0 Å². The number of ether oxygens (including phenoxy) is 1. The summed E-state index contributed by atoms with van der Waals surface area (Å²) in [5.41, 5.74) is 1.63. The third-order valence-corrected chi connectivity index (χ3v) is 5.14. The Hall–Kier alpha value is -2.24. The fourth-order valence-electron chi connectivity index (χ4n) is 3.22. The van der Waals surface area contributed by atoms with Crippen molar-refractivity contribution in [1.29, 1.82) is 0 Å². The highest BCUT2D eigenvalue weighted by atomic mass is 35.5. The number of hydrogen-bond acceptors (Lipinski definition) is 4. The molecule has 134 valence electrons. The van der Waals surface area contributed by atoms with E-state index in [0.29, 0.717) is 39.4 Å². The Balaban J connectivity index is 1.74. The number of benzene rings is 1. The minimum atomic E-state index is -0.143. The number of halogens is 2. The number of carbonyl (C=O) groups excluding carboxylic acids is 1. The summed E-state index contributed by atoms with van der Waals surface area (Å²) in [7, 11) is 1.72. The maximum atomic E-state index is 12.8. The van der Waals surface area contributed by atoms with Crippen LogP contribution in [0.3, 0.4) is 0 Å². The molecule has 0 fully saturated rings. The van der Waals surface area contributed by atoms with E-state index in [-0.39, 0.29) is 12.0 Å². The molecule has 0 N–H and O–H groups in total. The van der Waals surface area contributed by atoms with Gasteiger partial charge in [0.05, 0.1) is 21.3 Å². The highest BCUT2D eigenvalue weighted by Crippen LogP contribution is 2.38. The first-order valence-corrected chi connectivity index (χ1v) is 9.10. The predicted molar refractivity (Wildman–Crippen MR) is 103 cm³/mol. The zero-order valence-corrected chi connectivity index (χ0v) is 15.7. The Morgan fingerprint density at radius 3 is 2.54 bits per heavy atom. The lowest BCUT2D eigenvalue weighted by Crippen LogP contribution is -2.43. The molecular formula is C19H17Cl2N3O2. The molecule has 7 heteroatoms. The maximum absolute atomic E-state index is 12.8. The number of rotatable bonds is 2. The maximum Gasteiger partial charge on any atom is 0.257 e. The molecule has 0 saturated heterocycles. The molecule has 3 aliphatic rings. The fraction of sp³-hybridized carbons (Fsp3) is 0.263. The molecule has 0 spiro atoms. The number of likely N-dealkylation sites (N-methyl/N-ethyl adjacent to an activating group) is 1. The van der Waals surface area contributed by atoms with Gasteiger partial charge in [0.15, 0.2) is 0 Å². The van der Waals surface area contributed by atoms with Crippen LogP contribution in [-0.2, 0) is 9.53 Å². The van der Waals surface area contributed by atoms with Gasteiger partial charge < -0.3 is 9.64 Å². The Kier molecular flexibility index (Phi) is 4.51. The Labute approximate surface area is 161 Å². The van der Waals surface area contributed by atoms with Gasteiger partial charge in [-0.1, -0.05) is 41.4 Å². The van der Waals surface area contributed by atoms with Crippen LogP contribution < -0.4 is 0 Å². The monoisotopic (exact) mass is 389 g/mol. The van der Waals surface area contributed by atoms with Crippen molar-refractivity contribution >= 4 is 40.6 Å². The molecule has 0 atom stereocenters. The van der Waals surface area contributed by atoms with Gasteiger partial charge in [-0.15, -0.1) is 5.10 Å². The highest BCUT2D eigenvalue weighted by Gasteiger charge is 2.33. The standard InChI is InChI=1S/C19H17Cl2N3O2/c1-23-11-24-15(9-10-16(22-24)26-12-5-2-3-6-12)18(19(23)25)17-13(20)7-4-8-14(17)21/h2-4,7-10,12H,5-6,11H2,1H3. The first-order chi connectivity index (χ1) is 12.5. The zero-order valence-electron chi connectivity index (χ0n) is 14.2. The van der Waals surface area contributed by atoms with E-state index < -0.39 is 0 Å². The van der Waals surface area contributed by atoms with Crippen LogP contribution in [0.1, 0.15) is 18.4 Å². The molecule has 1 amide bonds. The second-order valence-corrected chi connectivity index (χ2v) is 7.17. The lowest BCUT2D eigenvalue weighted by atomic mass is 9.99. The van der Waals surface area contributed by atoms with Crippen LogP contribution in [0.2, 0.25) is 10.0 Å². The molecule has 2 aliphatic heterocycles. The molecule has 4 rings (SSSR count). The number of carbonyl (C=O) groups is 1. The van der Waals surface area contributed by atoms with Crippen molar-refractivity contribution in [3.05, 3.63) is 63.8 Å². The van der Waals surface area contributed by atoms with Gasteiger partial charge >= 0.3 is 0 Å². The lowest BCUT2D eigenvalue weighted by Gasteiger charge is -2.36. The second-order valence-electron chi connectivity index (χ2n) is 6.36. The van der Waals surface area contributed by atoms with E-state index in [1.165, 1.54) is 0 Å². The number of hydrazone groups is 1. The van der Waals surface area contributed by atoms with Crippen LogP contribution in [0.25, 0.3) is 5.57 Å². The first-order valence-electron chi connectivity index (χ1n) is 8.34. The quantitative estimate of drug-likeness (QED) is 0.716. The molecule has 5 nitrogen and oxygen atoms in total. The molecule has 0 unspecified atom stereocenters. The molecule has 1 aliphatic carbocycles. The van der Waals surface area contributed by atoms with Gasteiger partial charge in [0, 0.05) is 31.5 Å². The number of fused-ring (bicyclic) bond motifs is 1. The van der Waals surface area contributed by atoms with Crippen molar-refractivity contribution in [2.45, 2.75) is 18.9 Å². The molecule has 0 radical (unpaired) electrons. The summed E-state index contributed by atoms with van der Waals surface area (Å²) in [6, 6.07) is 5.20. The van der Waals surface area contributed by atoms with E-state index in [1.54, 1.807) is 41.2 Å². The van der Waals surface area contributed by atoms with Crippen LogP contribution in [0.15, 0.2) is 53.3 Å². The van der Waals surface area contributed by atoms with E-state index in [2.05, 4.69) is 17.3 Å². The van der Waals surface area contributed by atoms with Gasteiger partial charge in [-0.3, -0.25) is 4.79 Å². The third-order valence-electron chi connectivity index (χ3n) is 4.51. The van der Waals surface area contributed by atoms with E-state index >= 15 is 0 Å². The minimum Gasteiger partial charge on any atom is -0.473 e. The molecule has 1 aromatic rings.